The second kappa shape index (κ2) is 8.37. The molecule has 0 bridgehead atoms. The fourth-order valence-corrected chi connectivity index (χ4v) is 3.33. The molecule has 126 valence electrons. The summed E-state index contributed by atoms with van der Waals surface area (Å²) in [6, 6.07) is 6.84. The Kier molecular flexibility index (Phi) is 6.48. The normalized spacial score (nSPS) is 12.0. The van der Waals surface area contributed by atoms with Crippen molar-refractivity contribution in [3.63, 3.8) is 0 Å². The molecule has 24 heavy (non-hydrogen) atoms. The van der Waals surface area contributed by atoms with Crippen LogP contribution in [0.4, 0.5) is 0 Å². The summed E-state index contributed by atoms with van der Waals surface area (Å²) in [5.74, 6) is 0. The van der Waals surface area contributed by atoms with E-state index in [1.165, 1.54) is 11.8 Å². The Morgan fingerprint density at radius 1 is 1.38 bits per heavy atom. The van der Waals surface area contributed by atoms with Crippen molar-refractivity contribution in [1.82, 2.24) is 9.97 Å². The number of halogens is 1. The summed E-state index contributed by atoms with van der Waals surface area (Å²) >= 11 is 4.86. The second-order valence-corrected chi connectivity index (χ2v) is 7.89. The minimum absolute atomic E-state index is 0.180. The predicted molar refractivity (Wildman–Crippen MR) is 100 cm³/mol. The monoisotopic (exact) mass is 407 g/mol. The SMILES string of the molecule is CCc1c(C(N=[N+]=[N-])c2ccc(Br)cc2)nc(SC(C)C)[nH]c1=O. The van der Waals surface area contributed by atoms with E-state index >= 15 is 0 Å². The highest BCUT2D eigenvalue weighted by Crippen LogP contribution is 2.29. The predicted octanol–water partition coefficient (Wildman–Crippen LogP) is 5.00. The first-order valence-electron chi connectivity index (χ1n) is 7.55. The molecule has 0 aliphatic carbocycles. The van der Waals surface area contributed by atoms with Crippen LogP contribution in [0.5, 0.6) is 0 Å². The average Bonchev–Trinajstić information content (AvgIpc) is 2.52. The lowest BCUT2D eigenvalue weighted by Crippen LogP contribution is -2.20. The van der Waals surface area contributed by atoms with E-state index in [1.807, 2.05) is 45.0 Å². The molecule has 1 atom stereocenters. The van der Waals surface area contributed by atoms with Gasteiger partial charge in [0.1, 0.15) is 6.04 Å². The summed E-state index contributed by atoms with van der Waals surface area (Å²) in [6.45, 7) is 5.94. The molecular weight excluding hydrogens is 390 g/mol. The molecule has 0 spiro atoms. The van der Waals surface area contributed by atoms with Crippen LogP contribution in [0.15, 0.2) is 43.8 Å². The number of benzene rings is 1. The third-order valence-electron chi connectivity index (χ3n) is 3.34. The number of nitrogens with zero attached hydrogens (tertiary/aromatic N) is 4. The van der Waals surface area contributed by atoms with Gasteiger partial charge in [0.2, 0.25) is 0 Å². The summed E-state index contributed by atoms with van der Waals surface area (Å²) in [6.07, 6.45) is 0.512. The maximum Gasteiger partial charge on any atom is 0.254 e. The lowest BCUT2D eigenvalue weighted by atomic mass is 10.00. The van der Waals surface area contributed by atoms with Crippen LogP contribution in [0.2, 0.25) is 0 Å². The molecule has 2 rings (SSSR count). The molecule has 1 unspecified atom stereocenters. The van der Waals surface area contributed by atoms with Crippen LogP contribution in [-0.2, 0) is 6.42 Å². The van der Waals surface area contributed by atoms with Crippen molar-refractivity contribution < 1.29 is 0 Å². The fourth-order valence-electron chi connectivity index (χ4n) is 2.32. The Bertz CT molecular complexity index is 812. The van der Waals surface area contributed by atoms with Crippen molar-refractivity contribution in [3.05, 3.63) is 66.4 Å². The summed E-state index contributed by atoms with van der Waals surface area (Å²) in [5.41, 5.74) is 10.7. The third-order valence-corrected chi connectivity index (χ3v) is 4.76. The quantitative estimate of drug-likeness (QED) is 0.240. The van der Waals surface area contributed by atoms with Gasteiger partial charge >= 0.3 is 0 Å². The van der Waals surface area contributed by atoms with Gasteiger partial charge in [-0.15, -0.1) is 0 Å². The Labute approximate surface area is 152 Å². The number of hydrogen-bond donors (Lipinski definition) is 1. The van der Waals surface area contributed by atoms with E-state index in [1.54, 1.807) is 0 Å². The summed E-state index contributed by atoms with van der Waals surface area (Å²) in [5, 5.41) is 4.72. The van der Waals surface area contributed by atoms with Crippen LogP contribution in [0.1, 0.15) is 43.6 Å². The third kappa shape index (κ3) is 4.41. The zero-order valence-electron chi connectivity index (χ0n) is 13.7. The molecule has 0 aliphatic rings. The molecule has 6 nitrogen and oxygen atoms in total. The molecule has 1 heterocycles. The van der Waals surface area contributed by atoms with Gasteiger partial charge < -0.3 is 4.98 Å². The maximum atomic E-state index is 12.4. The molecule has 0 saturated carbocycles. The van der Waals surface area contributed by atoms with E-state index in [2.05, 4.69) is 35.9 Å². The zero-order chi connectivity index (χ0) is 17.7. The molecule has 8 heteroatoms. The summed E-state index contributed by atoms with van der Waals surface area (Å²) in [4.78, 5) is 22.8. The van der Waals surface area contributed by atoms with Crippen molar-refractivity contribution in [2.24, 2.45) is 5.11 Å². The van der Waals surface area contributed by atoms with E-state index < -0.39 is 6.04 Å². The van der Waals surface area contributed by atoms with Crippen LogP contribution in [0, 0.1) is 0 Å². The number of thioether (sulfide) groups is 1. The standard InChI is InChI=1S/C16H18BrN5OS/c1-4-12-14(19-16(20-15(12)23)24-9(2)3)13(21-22-18)10-5-7-11(17)8-6-10/h5-9,13H,4H2,1-3H3,(H,19,20,23). The van der Waals surface area contributed by atoms with Gasteiger partial charge in [-0.2, -0.15) is 0 Å². The Hall–Kier alpha value is -1.76. The number of aromatic nitrogens is 2. The van der Waals surface area contributed by atoms with Gasteiger partial charge in [-0.05, 0) is 29.6 Å². The first kappa shape index (κ1) is 18.6. The summed E-state index contributed by atoms with van der Waals surface area (Å²) < 4.78 is 0.927. The number of nitrogens with one attached hydrogen (secondary N) is 1. The van der Waals surface area contributed by atoms with Crippen molar-refractivity contribution in [1.29, 1.82) is 0 Å². The van der Waals surface area contributed by atoms with Gasteiger partial charge in [0.05, 0.1) is 5.69 Å². The largest absolute Gasteiger partial charge is 0.301 e. The van der Waals surface area contributed by atoms with Crippen LogP contribution in [0.3, 0.4) is 0 Å². The molecule has 0 amide bonds. The van der Waals surface area contributed by atoms with E-state index in [0.29, 0.717) is 22.8 Å². The summed E-state index contributed by atoms with van der Waals surface area (Å²) in [7, 11) is 0. The molecular formula is C16H18BrN5OS. The Morgan fingerprint density at radius 2 is 2.04 bits per heavy atom. The number of hydrogen-bond acceptors (Lipinski definition) is 4. The van der Waals surface area contributed by atoms with Crippen molar-refractivity contribution in [2.75, 3.05) is 0 Å². The number of rotatable bonds is 6. The minimum atomic E-state index is -0.633. The molecule has 0 fully saturated rings. The first-order chi connectivity index (χ1) is 11.5. The fraction of sp³-hybridized carbons (Fsp3) is 0.375. The molecule has 0 radical (unpaired) electrons. The molecule has 0 saturated heterocycles. The van der Waals surface area contributed by atoms with E-state index in [-0.39, 0.29) is 10.8 Å². The highest BCUT2D eigenvalue weighted by Gasteiger charge is 2.21. The van der Waals surface area contributed by atoms with E-state index in [9.17, 15) is 4.79 Å². The van der Waals surface area contributed by atoms with Gasteiger partial charge in [-0.3, -0.25) is 4.79 Å². The van der Waals surface area contributed by atoms with Gasteiger partial charge in [0.25, 0.3) is 5.56 Å². The van der Waals surface area contributed by atoms with E-state index in [4.69, 9.17) is 5.53 Å². The minimum Gasteiger partial charge on any atom is -0.301 e. The van der Waals surface area contributed by atoms with Crippen molar-refractivity contribution in [2.45, 2.75) is 43.6 Å². The molecule has 2 aromatic rings. The van der Waals surface area contributed by atoms with Crippen LogP contribution in [-0.4, -0.2) is 15.2 Å². The Balaban J connectivity index is 2.63. The van der Waals surface area contributed by atoms with Crippen molar-refractivity contribution >= 4 is 27.7 Å². The average molecular weight is 408 g/mol. The molecule has 0 aliphatic heterocycles. The smallest absolute Gasteiger partial charge is 0.254 e. The maximum absolute atomic E-state index is 12.4. The van der Waals surface area contributed by atoms with Crippen molar-refractivity contribution in [3.8, 4) is 0 Å². The van der Waals surface area contributed by atoms with Gasteiger partial charge in [-0.1, -0.05) is 65.7 Å². The number of aromatic amines is 1. The lowest BCUT2D eigenvalue weighted by Gasteiger charge is -2.16. The first-order valence-corrected chi connectivity index (χ1v) is 9.23. The topological polar surface area (TPSA) is 94.5 Å². The van der Waals surface area contributed by atoms with Crippen LogP contribution >= 0.6 is 27.7 Å². The van der Waals surface area contributed by atoms with Gasteiger partial charge in [-0.25, -0.2) is 4.98 Å². The zero-order valence-corrected chi connectivity index (χ0v) is 16.1. The van der Waals surface area contributed by atoms with Gasteiger partial charge in [0.15, 0.2) is 5.16 Å². The number of azide groups is 1. The van der Waals surface area contributed by atoms with E-state index in [0.717, 1.165) is 10.0 Å². The van der Waals surface area contributed by atoms with Crippen LogP contribution in [0.25, 0.3) is 10.4 Å². The lowest BCUT2D eigenvalue weighted by molar-refractivity contribution is 0.741. The Morgan fingerprint density at radius 3 is 2.58 bits per heavy atom. The molecule has 1 N–H and O–H groups in total. The number of H-pyrrole nitrogens is 1. The highest BCUT2D eigenvalue weighted by molar-refractivity contribution is 9.10. The molecule has 1 aromatic heterocycles. The van der Waals surface area contributed by atoms with Gasteiger partial charge in [0, 0.05) is 20.2 Å². The molecule has 1 aromatic carbocycles. The van der Waals surface area contributed by atoms with Crippen LogP contribution < -0.4 is 5.56 Å². The highest BCUT2D eigenvalue weighted by atomic mass is 79.9. The second-order valence-electron chi connectivity index (χ2n) is 5.41.